The lowest BCUT2D eigenvalue weighted by molar-refractivity contribution is 0.0313. The average molecular weight is 302 g/mol. The van der Waals surface area contributed by atoms with Gasteiger partial charge in [-0.1, -0.05) is 13.8 Å². The number of anilines is 1. The van der Waals surface area contributed by atoms with Crippen LogP contribution in [0.15, 0.2) is 18.6 Å². The van der Waals surface area contributed by atoms with Crippen LogP contribution in [-0.2, 0) is 11.3 Å². The third-order valence-corrected chi connectivity index (χ3v) is 3.84. The van der Waals surface area contributed by atoms with Gasteiger partial charge in [-0.05, 0) is 13.0 Å². The van der Waals surface area contributed by atoms with Crippen LogP contribution in [0, 0.1) is 0 Å². The highest BCUT2D eigenvalue weighted by atomic mass is 16.5. The van der Waals surface area contributed by atoms with Crippen LogP contribution in [0.4, 0.5) is 5.82 Å². The Bertz CT molecular complexity index is 626. The molecule has 3 heterocycles. The minimum absolute atomic E-state index is 0.0753. The lowest BCUT2D eigenvalue weighted by Crippen LogP contribution is -2.39. The van der Waals surface area contributed by atoms with Gasteiger partial charge in [-0.25, -0.2) is 9.97 Å². The van der Waals surface area contributed by atoms with Crippen molar-refractivity contribution in [1.82, 2.24) is 24.7 Å². The highest BCUT2D eigenvalue weighted by molar-refractivity contribution is 5.38. The first-order valence-corrected chi connectivity index (χ1v) is 7.76. The first-order valence-electron chi connectivity index (χ1n) is 7.76. The second kappa shape index (κ2) is 6.39. The summed E-state index contributed by atoms with van der Waals surface area (Å²) in [5, 5.41) is 8.21. The van der Waals surface area contributed by atoms with Crippen LogP contribution in [0.5, 0.6) is 0 Å². The van der Waals surface area contributed by atoms with Crippen LogP contribution in [0.1, 0.15) is 44.4 Å². The zero-order valence-corrected chi connectivity index (χ0v) is 13.3. The highest BCUT2D eigenvalue weighted by Crippen LogP contribution is 2.24. The highest BCUT2D eigenvalue weighted by Gasteiger charge is 2.26. The number of rotatable bonds is 4. The number of aryl methyl sites for hydroxylation is 1. The van der Waals surface area contributed by atoms with Gasteiger partial charge in [0.2, 0.25) is 0 Å². The standard InChI is InChI=1S/C15H22N6O/c1-4-20-10-17-19-15(20)12-9-21(7-8-22-12)13-5-6-16-14(18-13)11(2)3/h5-6,10-12H,4,7-9H2,1-3H3. The van der Waals surface area contributed by atoms with Crippen molar-refractivity contribution in [2.24, 2.45) is 0 Å². The van der Waals surface area contributed by atoms with Gasteiger partial charge in [0.15, 0.2) is 5.82 Å². The van der Waals surface area contributed by atoms with E-state index in [2.05, 4.69) is 45.8 Å². The summed E-state index contributed by atoms with van der Waals surface area (Å²) >= 11 is 0. The minimum Gasteiger partial charge on any atom is -0.366 e. The topological polar surface area (TPSA) is 69.0 Å². The molecule has 1 unspecified atom stereocenters. The summed E-state index contributed by atoms with van der Waals surface area (Å²) in [6.45, 7) is 9.33. The Kier molecular flexibility index (Phi) is 4.33. The number of morpholine rings is 1. The third-order valence-electron chi connectivity index (χ3n) is 3.84. The van der Waals surface area contributed by atoms with E-state index >= 15 is 0 Å². The molecule has 0 aliphatic carbocycles. The summed E-state index contributed by atoms with van der Waals surface area (Å²) in [7, 11) is 0. The first kappa shape index (κ1) is 14.9. The van der Waals surface area contributed by atoms with Gasteiger partial charge >= 0.3 is 0 Å². The third kappa shape index (κ3) is 2.94. The van der Waals surface area contributed by atoms with Crippen molar-refractivity contribution < 1.29 is 4.74 Å². The molecule has 1 saturated heterocycles. The van der Waals surface area contributed by atoms with Crippen molar-refractivity contribution in [3.63, 3.8) is 0 Å². The molecule has 0 saturated carbocycles. The van der Waals surface area contributed by atoms with E-state index < -0.39 is 0 Å². The van der Waals surface area contributed by atoms with E-state index in [1.54, 1.807) is 6.33 Å². The van der Waals surface area contributed by atoms with Gasteiger partial charge in [-0.2, -0.15) is 0 Å². The van der Waals surface area contributed by atoms with E-state index in [1.165, 1.54) is 0 Å². The molecule has 0 N–H and O–H groups in total. The zero-order valence-electron chi connectivity index (χ0n) is 13.3. The lowest BCUT2D eigenvalue weighted by Gasteiger charge is -2.33. The van der Waals surface area contributed by atoms with Gasteiger partial charge in [0, 0.05) is 25.2 Å². The quantitative estimate of drug-likeness (QED) is 0.857. The fourth-order valence-electron chi connectivity index (χ4n) is 2.59. The molecular formula is C15H22N6O. The Balaban J connectivity index is 1.80. The number of ether oxygens (including phenoxy) is 1. The summed E-state index contributed by atoms with van der Waals surface area (Å²) in [5.74, 6) is 3.03. The summed E-state index contributed by atoms with van der Waals surface area (Å²) in [6, 6.07) is 1.96. The molecule has 7 heteroatoms. The number of aromatic nitrogens is 5. The maximum atomic E-state index is 5.89. The van der Waals surface area contributed by atoms with E-state index in [4.69, 9.17) is 4.74 Å². The zero-order chi connectivity index (χ0) is 15.5. The maximum absolute atomic E-state index is 5.89. The molecule has 0 spiro atoms. The van der Waals surface area contributed by atoms with Crippen LogP contribution in [0.2, 0.25) is 0 Å². The van der Waals surface area contributed by atoms with Gasteiger partial charge in [0.25, 0.3) is 0 Å². The lowest BCUT2D eigenvalue weighted by atomic mass is 10.2. The fraction of sp³-hybridized carbons (Fsp3) is 0.600. The summed E-state index contributed by atoms with van der Waals surface area (Å²) in [4.78, 5) is 11.2. The van der Waals surface area contributed by atoms with E-state index in [0.29, 0.717) is 12.5 Å². The predicted molar refractivity (Wildman–Crippen MR) is 82.7 cm³/mol. The Hall–Kier alpha value is -2.02. The first-order chi connectivity index (χ1) is 10.7. The molecule has 1 aliphatic heterocycles. The van der Waals surface area contributed by atoms with Crippen LogP contribution in [0.25, 0.3) is 0 Å². The van der Waals surface area contributed by atoms with Crippen molar-refractivity contribution in [1.29, 1.82) is 0 Å². The molecule has 7 nitrogen and oxygen atoms in total. The predicted octanol–water partition coefficient (Wildman–Crippen LogP) is 1.79. The monoisotopic (exact) mass is 302 g/mol. The van der Waals surface area contributed by atoms with Crippen molar-refractivity contribution in [3.8, 4) is 0 Å². The van der Waals surface area contributed by atoms with E-state index in [-0.39, 0.29) is 6.10 Å². The smallest absolute Gasteiger partial charge is 0.163 e. The average Bonchev–Trinajstić information content (AvgIpc) is 3.04. The largest absolute Gasteiger partial charge is 0.366 e. The molecule has 0 aromatic carbocycles. The van der Waals surface area contributed by atoms with E-state index in [9.17, 15) is 0 Å². The van der Waals surface area contributed by atoms with Gasteiger partial charge < -0.3 is 14.2 Å². The van der Waals surface area contributed by atoms with Crippen LogP contribution < -0.4 is 4.90 Å². The van der Waals surface area contributed by atoms with Gasteiger partial charge in [-0.15, -0.1) is 10.2 Å². The van der Waals surface area contributed by atoms with Gasteiger partial charge in [0.1, 0.15) is 24.1 Å². The molecule has 2 aromatic rings. The van der Waals surface area contributed by atoms with Crippen LogP contribution in [0.3, 0.4) is 0 Å². The molecule has 1 fully saturated rings. The van der Waals surface area contributed by atoms with Crippen LogP contribution >= 0.6 is 0 Å². The van der Waals surface area contributed by atoms with Crippen LogP contribution in [-0.4, -0.2) is 44.4 Å². The summed E-state index contributed by atoms with van der Waals surface area (Å²) in [5.41, 5.74) is 0. The second-order valence-electron chi connectivity index (χ2n) is 5.71. The molecule has 3 rings (SSSR count). The summed E-state index contributed by atoms with van der Waals surface area (Å²) < 4.78 is 7.91. The maximum Gasteiger partial charge on any atom is 0.163 e. The Morgan fingerprint density at radius 2 is 2.27 bits per heavy atom. The summed E-state index contributed by atoms with van der Waals surface area (Å²) in [6.07, 6.45) is 3.50. The molecule has 1 aliphatic rings. The Labute approximate surface area is 130 Å². The number of nitrogens with zero attached hydrogens (tertiary/aromatic N) is 6. The Morgan fingerprint density at radius 1 is 1.41 bits per heavy atom. The second-order valence-corrected chi connectivity index (χ2v) is 5.71. The molecule has 0 radical (unpaired) electrons. The SMILES string of the molecule is CCn1cnnc1C1CN(c2ccnc(C(C)C)n2)CCO1. The molecule has 0 bridgehead atoms. The van der Waals surface area contributed by atoms with Crippen molar-refractivity contribution >= 4 is 5.82 Å². The molecular weight excluding hydrogens is 280 g/mol. The molecule has 0 amide bonds. The molecule has 2 aromatic heterocycles. The molecule has 22 heavy (non-hydrogen) atoms. The minimum atomic E-state index is -0.0753. The number of hydrogen-bond acceptors (Lipinski definition) is 6. The molecule has 1 atom stereocenters. The Morgan fingerprint density at radius 3 is 3.05 bits per heavy atom. The van der Waals surface area contributed by atoms with E-state index in [1.807, 2.05) is 16.8 Å². The van der Waals surface area contributed by atoms with E-state index in [0.717, 1.165) is 37.1 Å². The normalized spacial score (nSPS) is 18.9. The van der Waals surface area contributed by atoms with Crippen molar-refractivity contribution in [2.45, 2.75) is 39.3 Å². The van der Waals surface area contributed by atoms with Gasteiger partial charge in [-0.3, -0.25) is 0 Å². The molecule has 118 valence electrons. The van der Waals surface area contributed by atoms with Crippen molar-refractivity contribution in [3.05, 3.63) is 30.2 Å². The van der Waals surface area contributed by atoms with Gasteiger partial charge in [0.05, 0.1) is 13.2 Å². The number of hydrogen-bond donors (Lipinski definition) is 0. The van der Waals surface area contributed by atoms with Crippen molar-refractivity contribution in [2.75, 3.05) is 24.6 Å². The fourth-order valence-corrected chi connectivity index (χ4v) is 2.59.